The molecule has 0 bridgehead atoms. The first kappa shape index (κ1) is 18.7. The normalized spacial score (nSPS) is 13.9. The van der Waals surface area contributed by atoms with E-state index in [0.717, 1.165) is 35.0 Å². The molecular weight excluding hydrogens is 372 g/mol. The lowest BCUT2D eigenvalue weighted by atomic mass is 9.95. The summed E-state index contributed by atoms with van der Waals surface area (Å²) < 4.78 is 2.34. The average molecular weight is 399 g/mol. The highest BCUT2D eigenvalue weighted by Gasteiger charge is 2.19. The van der Waals surface area contributed by atoms with Crippen LogP contribution in [-0.4, -0.2) is 21.7 Å². The van der Waals surface area contributed by atoms with E-state index in [9.17, 15) is 4.79 Å². The Hall–Kier alpha value is -3.34. The van der Waals surface area contributed by atoms with Crippen molar-refractivity contribution in [1.29, 1.82) is 0 Å². The number of fused-ring (bicyclic) bond motifs is 4. The second kappa shape index (κ2) is 7.82. The van der Waals surface area contributed by atoms with Gasteiger partial charge in [0.25, 0.3) is 0 Å². The molecule has 0 saturated heterocycles. The highest BCUT2D eigenvalue weighted by Crippen LogP contribution is 2.32. The van der Waals surface area contributed by atoms with Gasteiger partial charge in [-0.25, -0.2) is 5.43 Å². The van der Waals surface area contributed by atoms with Crippen LogP contribution in [0.5, 0.6) is 0 Å². The van der Waals surface area contributed by atoms with Gasteiger partial charge < -0.3 is 9.55 Å². The molecule has 30 heavy (non-hydrogen) atoms. The van der Waals surface area contributed by atoms with Crippen molar-refractivity contribution >= 4 is 33.9 Å². The first-order chi connectivity index (χ1) is 14.7. The van der Waals surface area contributed by atoms with Gasteiger partial charge in [-0.15, -0.1) is 0 Å². The standard InChI is InChI=1S/C25H26N4O/c1-17-21(18-8-2-5-11-22(18)27-17)16-26-28-25(30)14-15-29-23-12-6-3-9-19(23)20-10-4-7-13-24(20)29/h2-3,5-6,8-9,11-12,16,27H,4,7,10,13-15H2,1H3,(H,28,30). The number of para-hydroxylation sites is 2. The summed E-state index contributed by atoms with van der Waals surface area (Å²) in [6, 6.07) is 16.7. The molecule has 4 aromatic rings. The summed E-state index contributed by atoms with van der Waals surface area (Å²) in [4.78, 5) is 15.8. The summed E-state index contributed by atoms with van der Waals surface area (Å²) in [5.74, 6) is -0.0638. The maximum atomic E-state index is 12.5. The molecule has 0 aliphatic heterocycles. The Morgan fingerprint density at radius 3 is 2.77 bits per heavy atom. The van der Waals surface area contributed by atoms with Crippen molar-refractivity contribution < 1.29 is 4.79 Å². The Labute approximate surface area is 175 Å². The number of carbonyl (C=O) groups is 1. The molecule has 0 atom stereocenters. The number of benzene rings is 2. The van der Waals surface area contributed by atoms with Crippen LogP contribution in [0.25, 0.3) is 21.8 Å². The minimum Gasteiger partial charge on any atom is -0.358 e. The minimum atomic E-state index is -0.0638. The molecule has 0 spiro atoms. The molecule has 2 aromatic carbocycles. The molecule has 1 aliphatic carbocycles. The van der Waals surface area contributed by atoms with E-state index in [0.29, 0.717) is 13.0 Å². The summed E-state index contributed by atoms with van der Waals surface area (Å²) in [7, 11) is 0. The van der Waals surface area contributed by atoms with Gasteiger partial charge in [-0.3, -0.25) is 4.79 Å². The van der Waals surface area contributed by atoms with E-state index < -0.39 is 0 Å². The van der Waals surface area contributed by atoms with Gasteiger partial charge in [0.15, 0.2) is 0 Å². The smallest absolute Gasteiger partial charge is 0.241 e. The molecule has 2 N–H and O–H groups in total. The van der Waals surface area contributed by atoms with E-state index >= 15 is 0 Å². The second-order valence-electron chi connectivity index (χ2n) is 8.05. The van der Waals surface area contributed by atoms with Crippen molar-refractivity contribution in [2.75, 3.05) is 0 Å². The lowest BCUT2D eigenvalue weighted by Crippen LogP contribution is -2.20. The number of aromatic amines is 1. The maximum absolute atomic E-state index is 12.5. The number of rotatable bonds is 5. The fourth-order valence-electron chi connectivity index (χ4n) is 4.75. The van der Waals surface area contributed by atoms with Crippen LogP contribution in [0.3, 0.4) is 0 Å². The molecule has 152 valence electrons. The number of carbonyl (C=O) groups excluding carboxylic acids is 1. The first-order valence-corrected chi connectivity index (χ1v) is 10.7. The quantitative estimate of drug-likeness (QED) is 0.366. The number of hydrogen-bond acceptors (Lipinski definition) is 2. The van der Waals surface area contributed by atoms with Crippen LogP contribution >= 0.6 is 0 Å². The second-order valence-corrected chi connectivity index (χ2v) is 8.05. The van der Waals surface area contributed by atoms with Crippen molar-refractivity contribution in [1.82, 2.24) is 15.0 Å². The zero-order valence-electron chi connectivity index (χ0n) is 17.2. The number of hydrazone groups is 1. The zero-order valence-corrected chi connectivity index (χ0v) is 17.2. The summed E-state index contributed by atoms with van der Waals surface area (Å²) in [6.45, 7) is 2.70. The summed E-state index contributed by atoms with van der Waals surface area (Å²) in [5.41, 5.74) is 9.97. The molecular formula is C25H26N4O. The minimum absolute atomic E-state index is 0.0638. The summed E-state index contributed by atoms with van der Waals surface area (Å²) in [6.07, 6.45) is 6.87. The summed E-state index contributed by atoms with van der Waals surface area (Å²) in [5, 5.41) is 6.68. The molecule has 0 radical (unpaired) electrons. The molecule has 5 heteroatoms. The number of H-pyrrole nitrogens is 1. The predicted octanol–water partition coefficient (Wildman–Crippen LogP) is 4.85. The van der Waals surface area contributed by atoms with E-state index in [1.807, 2.05) is 25.1 Å². The molecule has 2 aromatic heterocycles. The van der Waals surface area contributed by atoms with Gasteiger partial charge >= 0.3 is 0 Å². The largest absolute Gasteiger partial charge is 0.358 e. The fraction of sp³-hybridized carbons (Fsp3) is 0.280. The van der Waals surface area contributed by atoms with Crippen LogP contribution in [0.2, 0.25) is 0 Å². The third-order valence-corrected chi connectivity index (χ3v) is 6.17. The number of nitrogens with one attached hydrogen (secondary N) is 2. The third-order valence-electron chi connectivity index (χ3n) is 6.17. The first-order valence-electron chi connectivity index (χ1n) is 10.7. The topological polar surface area (TPSA) is 62.2 Å². The Bertz CT molecular complexity index is 1260. The lowest BCUT2D eigenvalue weighted by Gasteiger charge is -2.15. The molecule has 1 amide bonds. The highest BCUT2D eigenvalue weighted by atomic mass is 16.2. The summed E-state index contributed by atoms with van der Waals surface area (Å²) >= 11 is 0. The zero-order chi connectivity index (χ0) is 20.5. The molecule has 0 unspecified atom stereocenters. The van der Waals surface area contributed by atoms with Crippen LogP contribution in [0, 0.1) is 6.92 Å². The lowest BCUT2D eigenvalue weighted by molar-refractivity contribution is -0.121. The Morgan fingerprint density at radius 2 is 1.87 bits per heavy atom. The number of amides is 1. The Balaban J connectivity index is 1.29. The van der Waals surface area contributed by atoms with E-state index in [-0.39, 0.29) is 5.91 Å². The molecule has 5 rings (SSSR count). The maximum Gasteiger partial charge on any atom is 0.241 e. The Kier molecular flexibility index (Phi) is 4.87. The highest BCUT2D eigenvalue weighted by molar-refractivity contribution is 6.00. The molecule has 5 nitrogen and oxygen atoms in total. The van der Waals surface area contributed by atoms with Crippen molar-refractivity contribution in [3.63, 3.8) is 0 Å². The Morgan fingerprint density at radius 1 is 1.10 bits per heavy atom. The SMILES string of the molecule is Cc1[nH]c2ccccc2c1C=NNC(=O)CCn1c2c(c3ccccc31)CCCC2. The van der Waals surface area contributed by atoms with Crippen LogP contribution in [0.4, 0.5) is 0 Å². The van der Waals surface area contributed by atoms with Crippen LogP contribution < -0.4 is 5.43 Å². The van der Waals surface area contributed by atoms with Gasteiger partial charge in [0.1, 0.15) is 0 Å². The van der Waals surface area contributed by atoms with Gasteiger partial charge in [0, 0.05) is 51.7 Å². The van der Waals surface area contributed by atoms with Gasteiger partial charge in [0.05, 0.1) is 6.21 Å². The van der Waals surface area contributed by atoms with Crippen molar-refractivity contribution in [2.24, 2.45) is 5.10 Å². The van der Waals surface area contributed by atoms with Gasteiger partial charge in [-0.05, 0) is 50.3 Å². The van der Waals surface area contributed by atoms with Crippen molar-refractivity contribution in [3.8, 4) is 0 Å². The number of nitrogens with zero attached hydrogens (tertiary/aromatic N) is 2. The molecule has 0 saturated carbocycles. The predicted molar refractivity (Wildman–Crippen MR) is 122 cm³/mol. The fourth-order valence-corrected chi connectivity index (χ4v) is 4.75. The third kappa shape index (κ3) is 3.30. The van der Waals surface area contributed by atoms with Gasteiger partial charge in [-0.1, -0.05) is 36.4 Å². The van der Waals surface area contributed by atoms with Crippen molar-refractivity contribution in [2.45, 2.75) is 45.6 Å². The van der Waals surface area contributed by atoms with Gasteiger partial charge in [-0.2, -0.15) is 5.10 Å². The van der Waals surface area contributed by atoms with Crippen LogP contribution in [-0.2, 0) is 24.2 Å². The number of aromatic nitrogens is 2. The van der Waals surface area contributed by atoms with E-state index in [2.05, 4.69) is 50.4 Å². The van der Waals surface area contributed by atoms with Crippen molar-refractivity contribution in [3.05, 3.63) is 71.0 Å². The number of hydrogen-bond donors (Lipinski definition) is 2. The molecule has 1 aliphatic rings. The van der Waals surface area contributed by atoms with E-state index in [4.69, 9.17) is 0 Å². The molecule has 2 heterocycles. The van der Waals surface area contributed by atoms with Gasteiger partial charge in [0.2, 0.25) is 5.91 Å². The monoisotopic (exact) mass is 398 g/mol. The average Bonchev–Trinajstić information content (AvgIpc) is 3.27. The van der Waals surface area contributed by atoms with Crippen LogP contribution in [0.15, 0.2) is 53.6 Å². The van der Waals surface area contributed by atoms with Crippen LogP contribution in [0.1, 0.15) is 41.8 Å². The van der Waals surface area contributed by atoms with E-state index in [1.54, 1.807) is 6.21 Å². The number of aryl methyl sites for hydroxylation is 3. The molecule has 0 fully saturated rings. The van der Waals surface area contributed by atoms with E-state index in [1.165, 1.54) is 35.0 Å².